The van der Waals surface area contributed by atoms with E-state index in [0.29, 0.717) is 15.2 Å². The van der Waals surface area contributed by atoms with Crippen molar-refractivity contribution in [2.45, 2.75) is 95.4 Å². The van der Waals surface area contributed by atoms with Crippen LogP contribution >= 0.6 is 15.9 Å². The third-order valence-corrected chi connectivity index (χ3v) is 9.51. The van der Waals surface area contributed by atoms with Gasteiger partial charge in [0.25, 0.3) is 5.92 Å². The van der Waals surface area contributed by atoms with Gasteiger partial charge >= 0.3 is 12.3 Å². The first-order valence-corrected chi connectivity index (χ1v) is 17.0. The molecular formula is C35H33BrF7N5O4. The topological polar surface area (TPSA) is 98.6 Å². The molecule has 1 aliphatic heterocycles. The fourth-order valence-corrected chi connectivity index (χ4v) is 7.14. The molecule has 3 heterocycles. The van der Waals surface area contributed by atoms with Gasteiger partial charge in [-0.15, -0.1) is 0 Å². The van der Waals surface area contributed by atoms with E-state index < -0.39 is 94.5 Å². The van der Waals surface area contributed by atoms with E-state index in [1.165, 1.54) is 11.0 Å². The zero-order chi connectivity index (χ0) is 38.1. The van der Waals surface area contributed by atoms with Gasteiger partial charge in [0, 0.05) is 22.0 Å². The monoisotopic (exact) mass is 799 g/mol. The largest absolute Gasteiger partial charge is 0.444 e. The second-order valence-electron chi connectivity index (χ2n) is 14.4. The highest BCUT2D eigenvalue weighted by atomic mass is 79.9. The van der Waals surface area contributed by atoms with Gasteiger partial charge in [-0.05, 0) is 105 Å². The summed E-state index contributed by atoms with van der Waals surface area (Å²) in [6.45, 7) is 7.57. The number of nitrogens with zero attached hydrogens (tertiary/aromatic N) is 4. The third kappa shape index (κ3) is 7.50. The van der Waals surface area contributed by atoms with Crippen LogP contribution in [0.2, 0.25) is 0 Å². The average Bonchev–Trinajstić information content (AvgIpc) is 3.53. The normalized spacial score (nSPS) is 21.9. The molecule has 278 valence electrons. The van der Waals surface area contributed by atoms with Crippen LogP contribution in [-0.4, -0.2) is 55.6 Å². The van der Waals surface area contributed by atoms with Crippen molar-refractivity contribution in [2.75, 3.05) is 6.61 Å². The number of rotatable bonds is 6. The number of benzene rings is 1. The number of hydrogen-bond donors (Lipinski definition) is 1. The van der Waals surface area contributed by atoms with Crippen LogP contribution in [0, 0.1) is 29.4 Å². The van der Waals surface area contributed by atoms with Crippen molar-refractivity contribution in [3.8, 4) is 11.8 Å². The molecule has 52 heavy (non-hydrogen) atoms. The number of fused-ring (bicyclic) bond motifs is 3. The van der Waals surface area contributed by atoms with E-state index in [1.807, 2.05) is 0 Å². The number of amides is 2. The number of alkyl halides is 5. The number of hydrogen-bond acceptors (Lipinski definition) is 6. The lowest BCUT2D eigenvalue weighted by Crippen LogP contribution is -2.49. The molecule has 6 rings (SSSR count). The van der Waals surface area contributed by atoms with E-state index in [1.54, 1.807) is 40.7 Å². The molecule has 1 aromatic carbocycles. The minimum absolute atomic E-state index is 0.0557. The number of ether oxygens (including phenoxy) is 2. The van der Waals surface area contributed by atoms with E-state index in [4.69, 9.17) is 9.47 Å². The van der Waals surface area contributed by atoms with Crippen molar-refractivity contribution >= 4 is 27.9 Å². The van der Waals surface area contributed by atoms with Gasteiger partial charge in [-0.3, -0.25) is 14.4 Å². The fraction of sp³-hybridized carbons (Fsp3) is 0.486. The molecular weight excluding hydrogens is 767 g/mol. The Bertz CT molecular complexity index is 1980. The maximum atomic E-state index is 15.1. The minimum Gasteiger partial charge on any atom is -0.444 e. The Morgan fingerprint density at radius 3 is 2.44 bits per heavy atom. The summed E-state index contributed by atoms with van der Waals surface area (Å²) in [5.74, 6) is -2.91. The summed E-state index contributed by atoms with van der Waals surface area (Å²) in [5.41, 5.74) is -4.51. The smallest absolute Gasteiger partial charge is 0.435 e. The molecule has 2 aliphatic carbocycles. The SMILES string of the molecule is CC(C)(C)OC(=O)N1C(C#Cc2ccc(Br)c([C@H](Cc3cc(F)cc(F)c3)NC(=O)Cn3nc(C(F)(F)F)c4c3C(F)(F)[C@@H]3C[C@H]43)n2)COC1(C)C. The Hall–Kier alpha value is -4.17. The van der Waals surface area contributed by atoms with Gasteiger partial charge < -0.3 is 14.8 Å². The van der Waals surface area contributed by atoms with Crippen LogP contribution < -0.4 is 5.32 Å². The van der Waals surface area contributed by atoms with Crippen LogP contribution in [-0.2, 0) is 39.3 Å². The van der Waals surface area contributed by atoms with E-state index >= 15 is 8.78 Å². The third-order valence-electron chi connectivity index (χ3n) is 8.84. The van der Waals surface area contributed by atoms with Crippen LogP contribution in [0.15, 0.2) is 34.8 Å². The van der Waals surface area contributed by atoms with Crippen molar-refractivity contribution in [1.29, 1.82) is 0 Å². The predicted molar refractivity (Wildman–Crippen MR) is 174 cm³/mol. The number of carbonyl (C=O) groups is 2. The van der Waals surface area contributed by atoms with Gasteiger partial charge in [-0.25, -0.2) is 18.6 Å². The van der Waals surface area contributed by atoms with Crippen molar-refractivity contribution in [2.24, 2.45) is 5.92 Å². The summed E-state index contributed by atoms with van der Waals surface area (Å²) in [5, 5.41) is 5.98. The number of nitrogens with one attached hydrogen (secondary N) is 1. The predicted octanol–water partition coefficient (Wildman–Crippen LogP) is 7.37. The number of aromatic nitrogens is 3. The molecule has 1 saturated carbocycles. The highest BCUT2D eigenvalue weighted by Crippen LogP contribution is 2.68. The lowest BCUT2D eigenvalue weighted by atomic mass is 10.0. The molecule has 3 aromatic rings. The fourth-order valence-electron chi connectivity index (χ4n) is 6.65. The molecule has 1 saturated heterocycles. The maximum absolute atomic E-state index is 15.1. The summed E-state index contributed by atoms with van der Waals surface area (Å²) < 4.78 is 112. The summed E-state index contributed by atoms with van der Waals surface area (Å²) in [7, 11) is 0. The first-order valence-electron chi connectivity index (χ1n) is 16.2. The minimum atomic E-state index is -5.02. The molecule has 0 bridgehead atoms. The second kappa shape index (κ2) is 13.0. The molecule has 1 unspecified atom stereocenters. The van der Waals surface area contributed by atoms with Gasteiger partial charge in [-0.2, -0.15) is 27.1 Å². The molecule has 2 fully saturated rings. The van der Waals surface area contributed by atoms with E-state index in [0.717, 1.165) is 12.1 Å². The van der Waals surface area contributed by atoms with E-state index in [2.05, 4.69) is 43.2 Å². The van der Waals surface area contributed by atoms with Gasteiger partial charge in [-0.1, -0.05) is 5.92 Å². The van der Waals surface area contributed by atoms with Crippen LogP contribution in [0.4, 0.5) is 35.5 Å². The first-order chi connectivity index (χ1) is 24.0. The van der Waals surface area contributed by atoms with Crippen LogP contribution in [0.3, 0.4) is 0 Å². The number of carbonyl (C=O) groups excluding carboxylic acids is 2. The highest BCUT2D eigenvalue weighted by Gasteiger charge is 2.68. The molecule has 3 aliphatic rings. The van der Waals surface area contributed by atoms with E-state index in [-0.39, 0.29) is 36.4 Å². The lowest BCUT2D eigenvalue weighted by molar-refractivity contribution is -0.142. The Balaban J connectivity index is 1.31. The quantitative estimate of drug-likeness (QED) is 0.207. The standard InChI is InChI=1S/C35H33BrF7N5O4/c1-32(2,3)52-31(50)48-21(16-51-33(48,4)5)8-6-20-7-9-24(36)28(44-20)25(12-17-10-18(37)13-19(38)11-17)45-26(49)15-47-30-27(29(46-47)35(41,42)43)22-14-23(22)34(30,39)40/h7,9-11,13,21-23,25H,12,14-16H2,1-5H3,(H,45,49)/t21?,22-,23+,25-/m0/s1. The van der Waals surface area contributed by atoms with Crippen molar-refractivity contribution in [3.05, 3.63) is 80.3 Å². The highest BCUT2D eigenvalue weighted by molar-refractivity contribution is 9.10. The Labute approximate surface area is 302 Å². The van der Waals surface area contributed by atoms with Crippen molar-refractivity contribution in [3.63, 3.8) is 0 Å². The second-order valence-corrected chi connectivity index (χ2v) is 15.3. The zero-order valence-electron chi connectivity index (χ0n) is 28.5. The first kappa shape index (κ1) is 37.6. The lowest BCUT2D eigenvalue weighted by Gasteiger charge is -2.33. The zero-order valence-corrected chi connectivity index (χ0v) is 30.1. The van der Waals surface area contributed by atoms with Crippen molar-refractivity contribution in [1.82, 2.24) is 25.0 Å². The molecule has 2 aromatic heterocycles. The Morgan fingerprint density at radius 1 is 1.13 bits per heavy atom. The van der Waals surface area contributed by atoms with Crippen molar-refractivity contribution < 1.29 is 49.8 Å². The molecule has 4 atom stereocenters. The van der Waals surface area contributed by atoms with E-state index in [9.17, 15) is 31.5 Å². The molecule has 1 N–H and O–H groups in total. The summed E-state index contributed by atoms with van der Waals surface area (Å²) in [6, 6.07) is 3.82. The summed E-state index contributed by atoms with van der Waals surface area (Å²) >= 11 is 3.37. The molecule has 17 heteroatoms. The molecule has 2 amide bonds. The summed E-state index contributed by atoms with van der Waals surface area (Å²) in [4.78, 5) is 32.4. The molecule has 9 nitrogen and oxygen atoms in total. The molecule has 0 radical (unpaired) electrons. The van der Waals surface area contributed by atoms with Gasteiger partial charge in [0.2, 0.25) is 5.91 Å². The van der Waals surface area contributed by atoms with Crippen LogP contribution in [0.5, 0.6) is 0 Å². The average molecular weight is 801 g/mol. The maximum Gasteiger partial charge on any atom is 0.435 e. The van der Waals surface area contributed by atoms with Crippen LogP contribution in [0.25, 0.3) is 0 Å². The number of pyridine rings is 1. The molecule has 0 spiro atoms. The Morgan fingerprint density at radius 2 is 1.81 bits per heavy atom. The van der Waals surface area contributed by atoms with Crippen LogP contribution in [0.1, 0.15) is 86.9 Å². The number of halogens is 8. The van der Waals surface area contributed by atoms with Gasteiger partial charge in [0.1, 0.15) is 46.9 Å². The Kier molecular flexibility index (Phi) is 9.43. The van der Waals surface area contributed by atoms with Gasteiger partial charge in [0.05, 0.1) is 18.3 Å². The summed E-state index contributed by atoms with van der Waals surface area (Å²) in [6.07, 6.45) is -6.06. The van der Waals surface area contributed by atoms with Gasteiger partial charge in [0.15, 0.2) is 5.69 Å².